The molecular weight excluding hydrogens is 402 g/mol. The lowest BCUT2D eigenvalue weighted by atomic mass is 10.1. The van der Waals surface area contributed by atoms with Gasteiger partial charge in [-0.3, -0.25) is 4.79 Å². The van der Waals surface area contributed by atoms with Crippen LogP contribution in [0, 0.1) is 0 Å². The number of rotatable bonds is 5. The second-order valence-corrected chi connectivity index (χ2v) is 7.55. The summed E-state index contributed by atoms with van der Waals surface area (Å²) in [5, 5.41) is 4.56. The van der Waals surface area contributed by atoms with E-state index < -0.39 is 0 Å². The Morgan fingerprint density at radius 3 is 2.90 bits per heavy atom. The lowest BCUT2D eigenvalue weighted by Gasteiger charge is -2.30. The molecule has 1 aromatic heterocycles. The Labute approximate surface area is 179 Å². The van der Waals surface area contributed by atoms with E-state index in [0.717, 1.165) is 11.2 Å². The van der Waals surface area contributed by atoms with E-state index in [1.807, 2.05) is 55.4 Å². The topological polar surface area (TPSA) is 70.6 Å². The van der Waals surface area contributed by atoms with Gasteiger partial charge in [0.2, 0.25) is 0 Å². The molecule has 0 fully saturated rings. The molecule has 30 heavy (non-hydrogen) atoms. The predicted octanol–water partition coefficient (Wildman–Crippen LogP) is 3.87. The highest BCUT2D eigenvalue weighted by Gasteiger charge is 2.26. The molecule has 4 rings (SSSR count). The van der Waals surface area contributed by atoms with Crippen LogP contribution < -0.4 is 15.0 Å². The molecule has 2 heterocycles. The zero-order valence-corrected chi connectivity index (χ0v) is 17.6. The van der Waals surface area contributed by atoms with E-state index in [1.54, 1.807) is 17.0 Å². The summed E-state index contributed by atoms with van der Waals surface area (Å²) in [6.45, 7) is 1.56. The van der Waals surface area contributed by atoms with Gasteiger partial charge < -0.3 is 19.9 Å². The number of amides is 1. The number of likely N-dealkylation sites (N-methyl/N-ethyl adjacent to an activating group) is 1. The van der Waals surface area contributed by atoms with Crippen LogP contribution in [0.15, 0.2) is 54.9 Å². The molecule has 0 bridgehead atoms. The van der Waals surface area contributed by atoms with Gasteiger partial charge in [0, 0.05) is 12.6 Å². The number of hydrogen-bond donors (Lipinski definition) is 1. The maximum Gasteiger partial charge on any atom is 0.250 e. The van der Waals surface area contributed by atoms with Gasteiger partial charge in [0.25, 0.3) is 5.91 Å². The third-order valence-corrected chi connectivity index (χ3v) is 5.04. The maximum absolute atomic E-state index is 12.8. The van der Waals surface area contributed by atoms with Crippen LogP contribution in [0.25, 0.3) is 10.9 Å². The molecule has 1 aliphatic heterocycles. The molecule has 3 aromatic rings. The zero-order chi connectivity index (χ0) is 21.1. The average molecular weight is 424 g/mol. The van der Waals surface area contributed by atoms with Crippen molar-refractivity contribution in [2.45, 2.75) is 0 Å². The minimum Gasteiger partial charge on any atom is -0.489 e. The van der Waals surface area contributed by atoms with Crippen molar-refractivity contribution in [3.8, 4) is 5.75 Å². The van der Waals surface area contributed by atoms with Gasteiger partial charge in [0.05, 0.1) is 33.8 Å². The number of anilines is 3. The molecule has 0 spiro atoms. The zero-order valence-electron chi connectivity index (χ0n) is 16.8. The lowest BCUT2D eigenvalue weighted by molar-refractivity contribution is -0.114. The summed E-state index contributed by atoms with van der Waals surface area (Å²) >= 11 is 6.30. The molecule has 8 heteroatoms. The Balaban J connectivity index is 1.75. The fraction of sp³-hybridized carbons (Fsp3) is 0.227. The second-order valence-electron chi connectivity index (χ2n) is 7.14. The van der Waals surface area contributed by atoms with Gasteiger partial charge in [-0.05, 0) is 38.4 Å². The van der Waals surface area contributed by atoms with E-state index >= 15 is 0 Å². The first-order valence-corrected chi connectivity index (χ1v) is 9.97. The molecule has 1 amide bonds. The molecule has 0 unspecified atom stereocenters. The molecule has 0 radical (unpaired) electrons. The van der Waals surface area contributed by atoms with Crippen LogP contribution >= 0.6 is 11.6 Å². The fourth-order valence-electron chi connectivity index (χ4n) is 3.30. The third kappa shape index (κ3) is 4.08. The third-order valence-electron chi connectivity index (χ3n) is 4.71. The molecule has 1 aliphatic rings. The Hall–Kier alpha value is -3.16. The number of carbonyl (C=O) groups is 1. The monoisotopic (exact) mass is 423 g/mol. The summed E-state index contributed by atoms with van der Waals surface area (Å²) in [5.41, 5.74) is 2.15. The van der Waals surface area contributed by atoms with E-state index in [4.69, 9.17) is 16.3 Å². The van der Waals surface area contributed by atoms with Gasteiger partial charge in [0.15, 0.2) is 5.75 Å². The van der Waals surface area contributed by atoms with E-state index in [1.165, 1.54) is 6.33 Å². The number of halogens is 1. The number of benzene rings is 2. The summed E-state index contributed by atoms with van der Waals surface area (Å²) in [6.07, 6.45) is 4.94. The number of fused-ring (bicyclic) bond motifs is 3. The molecule has 1 N–H and O–H groups in total. The molecule has 2 aromatic carbocycles. The average Bonchev–Trinajstić information content (AvgIpc) is 2.74. The molecule has 0 saturated carbocycles. The van der Waals surface area contributed by atoms with Crippen molar-refractivity contribution >= 4 is 45.6 Å². The van der Waals surface area contributed by atoms with Crippen molar-refractivity contribution in [1.82, 2.24) is 14.9 Å². The standard InChI is InChI=1S/C22H22ClN5O2/c1-27(2)11-5-8-19(29)28-12-13-30-21-18(28)10-9-17-20(21)22(25-14-24-17)26-16-7-4-3-6-15(16)23/h3-10,14H,11-13H2,1-2H3,(H,24,25,26)/b8-5+. The largest absolute Gasteiger partial charge is 0.489 e. The Morgan fingerprint density at radius 1 is 1.27 bits per heavy atom. The van der Waals surface area contributed by atoms with Gasteiger partial charge >= 0.3 is 0 Å². The van der Waals surface area contributed by atoms with E-state index in [2.05, 4.69) is 15.3 Å². The van der Waals surface area contributed by atoms with E-state index in [9.17, 15) is 4.79 Å². The van der Waals surface area contributed by atoms with Crippen LogP contribution in [0.1, 0.15) is 0 Å². The Bertz CT molecular complexity index is 1120. The van der Waals surface area contributed by atoms with Crippen molar-refractivity contribution in [3.63, 3.8) is 0 Å². The molecule has 0 aliphatic carbocycles. The number of nitrogens with zero attached hydrogens (tertiary/aromatic N) is 4. The van der Waals surface area contributed by atoms with Crippen molar-refractivity contribution in [2.75, 3.05) is 44.0 Å². The van der Waals surface area contributed by atoms with Gasteiger partial charge in [0.1, 0.15) is 18.8 Å². The van der Waals surface area contributed by atoms with Gasteiger partial charge in [-0.1, -0.05) is 29.8 Å². The summed E-state index contributed by atoms with van der Waals surface area (Å²) in [5.74, 6) is 1.07. The number of aromatic nitrogens is 2. The number of carbonyl (C=O) groups excluding carboxylic acids is 1. The van der Waals surface area contributed by atoms with Crippen LogP contribution in [-0.2, 0) is 4.79 Å². The van der Waals surface area contributed by atoms with Gasteiger partial charge in [-0.15, -0.1) is 0 Å². The number of nitrogens with one attached hydrogen (secondary N) is 1. The van der Waals surface area contributed by atoms with Crippen molar-refractivity contribution in [1.29, 1.82) is 0 Å². The SMILES string of the molecule is CN(C)C/C=C/C(=O)N1CCOc2c1ccc1ncnc(Nc3ccccc3Cl)c21. The van der Waals surface area contributed by atoms with E-state index in [-0.39, 0.29) is 5.91 Å². The highest BCUT2D eigenvalue weighted by molar-refractivity contribution is 6.33. The summed E-state index contributed by atoms with van der Waals surface area (Å²) in [6, 6.07) is 11.2. The summed E-state index contributed by atoms with van der Waals surface area (Å²) < 4.78 is 5.99. The quantitative estimate of drug-likeness (QED) is 0.628. The smallest absolute Gasteiger partial charge is 0.250 e. The maximum atomic E-state index is 12.8. The Morgan fingerprint density at radius 2 is 2.10 bits per heavy atom. The normalized spacial score (nSPS) is 13.5. The molecule has 154 valence electrons. The first kappa shape index (κ1) is 20.1. The van der Waals surface area contributed by atoms with E-state index in [0.29, 0.717) is 47.4 Å². The van der Waals surface area contributed by atoms with Crippen LogP contribution in [0.3, 0.4) is 0 Å². The summed E-state index contributed by atoms with van der Waals surface area (Å²) in [7, 11) is 3.91. The molecule has 0 atom stereocenters. The molecular formula is C22H22ClN5O2. The van der Waals surface area contributed by atoms with Crippen molar-refractivity contribution < 1.29 is 9.53 Å². The minimum absolute atomic E-state index is 0.0850. The number of hydrogen-bond acceptors (Lipinski definition) is 6. The van der Waals surface area contributed by atoms with Crippen LogP contribution in [-0.4, -0.2) is 54.6 Å². The van der Waals surface area contributed by atoms with Gasteiger partial charge in [-0.25, -0.2) is 9.97 Å². The first-order chi connectivity index (χ1) is 14.5. The summed E-state index contributed by atoms with van der Waals surface area (Å²) in [4.78, 5) is 25.3. The van der Waals surface area contributed by atoms with Crippen molar-refractivity contribution in [2.24, 2.45) is 0 Å². The highest BCUT2D eigenvalue weighted by Crippen LogP contribution is 2.41. The van der Waals surface area contributed by atoms with Crippen LogP contribution in [0.5, 0.6) is 5.75 Å². The number of ether oxygens (including phenoxy) is 1. The minimum atomic E-state index is -0.0850. The molecule has 7 nitrogen and oxygen atoms in total. The van der Waals surface area contributed by atoms with Crippen molar-refractivity contribution in [3.05, 3.63) is 59.9 Å². The predicted molar refractivity (Wildman–Crippen MR) is 120 cm³/mol. The van der Waals surface area contributed by atoms with Crippen LogP contribution in [0.2, 0.25) is 5.02 Å². The number of para-hydroxylation sites is 1. The Kier molecular flexibility index (Phi) is 5.83. The fourth-order valence-corrected chi connectivity index (χ4v) is 3.48. The van der Waals surface area contributed by atoms with Crippen LogP contribution in [0.4, 0.5) is 17.2 Å². The molecule has 0 saturated heterocycles. The first-order valence-electron chi connectivity index (χ1n) is 9.59. The second kappa shape index (κ2) is 8.69. The highest BCUT2D eigenvalue weighted by atomic mass is 35.5. The van der Waals surface area contributed by atoms with Gasteiger partial charge in [-0.2, -0.15) is 0 Å². The lowest BCUT2D eigenvalue weighted by Crippen LogP contribution is -2.37.